The van der Waals surface area contributed by atoms with Gasteiger partial charge in [-0.05, 0) is 36.4 Å². The Morgan fingerprint density at radius 3 is 2.17 bits per heavy atom. The number of benzene rings is 2. The normalized spacial score (nSPS) is 10.2. The molecule has 24 heavy (non-hydrogen) atoms. The molecule has 6 heteroatoms. The van der Waals surface area contributed by atoms with Crippen molar-refractivity contribution in [3.05, 3.63) is 82.6 Å². The molecule has 0 saturated carbocycles. The Hall–Kier alpha value is -3.54. The van der Waals surface area contributed by atoms with Gasteiger partial charge in [0.1, 0.15) is 0 Å². The first kappa shape index (κ1) is 15.4. The van der Waals surface area contributed by atoms with Crippen LogP contribution in [0, 0.1) is 0 Å². The van der Waals surface area contributed by atoms with Crippen molar-refractivity contribution < 1.29 is 9.90 Å². The lowest BCUT2D eigenvalue weighted by molar-refractivity contribution is 0.102. The van der Waals surface area contributed by atoms with Crippen LogP contribution in [0.25, 0.3) is 0 Å². The molecule has 120 valence electrons. The number of hydrogen-bond donors (Lipinski definition) is 4. The van der Waals surface area contributed by atoms with Crippen LogP contribution in [0.15, 0.2) is 71.5 Å². The van der Waals surface area contributed by atoms with Gasteiger partial charge < -0.3 is 15.7 Å². The van der Waals surface area contributed by atoms with Gasteiger partial charge in [-0.1, -0.05) is 18.2 Å². The predicted octanol–water partition coefficient (Wildman–Crippen LogP) is 3.08. The van der Waals surface area contributed by atoms with E-state index >= 15 is 0 Å². The summed E-state index contributed by atoms with van der Waals surface area (Å²) in [5.41, 5.74) is 1.98. The molecule has 1 aromatic heterocycles. The average Bonchev–Trinajstić information content (AvgIpc) is 2.57. The van der Waals surface area contributed by atoms with E-state index in [4.69, 9.17) is 0 Å². The maximum Gasteiger partial charge on any atom is 0.256 e. The number of nitrogens with one attached hydrogen (secondary N) is 3. The molecule has 0 unspecified atom stereocenters. The number of H-pyrrole nitrogens is 1. The van der Waals surface area contributed by atoms with Crippen LogP contribution in [0.1, 0.15) is 10.4 Å². The summed E-state index contributed by atoms with van der Waals surface area (Å²) >= 11 is 0. The van der Waals surface area contributed by atoms with Crippen molar-refractivity contribution >= 4 is 23.0 Å². The number of rotatable bonds is 4. The van der Waals surface area contributed by atoms with E-state index in [-0.39, 0.29) is 11.4 Å². The number of aromatic nitrogens is 1. The molecule has 0 radical (unpaired) electrons. The lowest BCUT2D eigenvalue weighted by Crippen LogP contribution is -2.15. The second-order valence-corrected chi connectivity index (χ2v) is 5.14. The second-order valence-electron chi connectivity index (χ2n) is 5.14. The zero-order valence-corrected chi connectivity index (χ0v) is 12.6. The molecule has 0 aliphatic carbocycles. The van der Waals surface area contributed by atoms with E-state index in [1.54, 1.807) is 12.1 Å². The van der Waals surface area contributed by atoms with Crippen LogP contribution in [0.3, 0.4) is 0 Å². The second kappa shape index (κ2) is 6.70. The number of pyridine rings is 1. The third kappa shape index (κ3) is 3.80. The zero-order chi connectivity index (χ0) is 16.9. The summed E-state index contributed by atoms with van der Waals surface area (Å²) in [5, 5.41) is 15.3. The number of aromatic hydroxyl groups is 1. The summed E-state index contributed by atoms with van der Waals surface area (Å²) in [7, 11) is 0. The Morgan fingerprint density at radius 2 is 1.50 bits per heavy atom. The van der Waals surface area contributed by atoms with Crippen molar-refractivity contribution in [1.82, 2.24) is 4.98 Å². The fraction of sp³-hybridized carbons (Fsp3) is 0. The minimum atomic E-state index is -0.539. The maximum atomic E-state index is 12.1. The number of carbonyl (C=O) groups excluding carboxylic acids is 1. The van der Waals surface area contributed by atoms with Gasteiger partial charge in [-0.2, -0.15) is 0 Å². The molecule has 0 fully saturated rings. The van der Waals surface area contributed by atoms with Crippen molar-refractivity contribution in [2.75, 3.05) is 10.6 Å². The minimum Gasteiger partial charge on any atom is -0.494 e. The Labute approximate surface area is 137 Å². The van der Waals surface area contributed by atoms with Crippen molar-refractivity contribution in [2.24, 2.45) is 0 Å². The van der Waals surface area contributed by atoms with Crippen LogP contribution in [-0.2, 0) is 0 Å². The van der Waals surface area contributed by atoms with Crippen LogP contribution < -0.4 is 16.2 Å². The van der Waals surface area contributed by atoms with Gasteiger partial charge in [0.05, 0.1) is 5.56 Å². The first-order valence-electron chi connectivity index (χ1n) is 7.27. The maximum absolute atomic E-state index is 12.1. The summed E-state index contributed by atoms with van der Waals surface area (Å²) in [4.78, 5) is 25.6. The Bertz CT molecular complexity index is 903. The molecule has 1 amide bonds. The summed E-state index contributed by atoms with van der Waals surface area (Å²) in [6.45, 7) is 0. The van der Waals surface area contributed by atoms with Gasteiger partial charge in [-0.15, -0.1) is 0 Å². The molecule has 0 saturated heterocycles. The van der Waals surface area contributed by atoms with Gasteiger partial charge in [-0.3, -0.25) is 14.6 Å². The molecule has 0 atom stereocenters. The SMILES string of the molecule is O=C(Nc1ccc(Nc2ccccc2)cc1)c1cc(O)[nH]c(=O)c1. The van der Waals surface area contributed by atoms with Gasteiger partial charge in [-0.25, -0.2) is 0 Å². The first-order chi connectivity index (χ1) is 11.6. The highest BCUT2D eigenvalue weighted by atomic mass is 16.3. The molecule has 0 aliphatic heterocycles. The van der Waals surface area contributed by atoms with E-state index in [1.165, 1.54) is 6.07 Å². The number of aromatic amines is 1. The molecular formula is C18H15N3O3. The lowest BCUT2D eigenvalue weighted by Gasteiger charge is -2.09. The third-order valence-corrected chi connectivity index (χ3v) is 3.30. The fourth-order valence-corrected chi connectivity index (χ4v) is 2.19. The number of carbonyl (C=O) groups is 1. The van der Waals surface area contributed by atoms with Crippen molar-refractivity contribution in [3.63, 3.8) is 0 Å². The smallest absolute Gasteiger partial charge is 0.256 e. The minimum absolute atomic E-state index is 0.0859. The molecule has 0 spiro atoms. The molecule has 1 heterocycles. The molecule has 4 N–H and O–H groups in total. The van der Waals surface area contributed by atoms with E-state index < -0.39 is 11.5 Å². The van der Waals surface area contributed by atoms with E-state index in [1.807, 2.05) is 42.5 Å². The molecule has 0 bridgehead atoms. The standard InChI is InChI=1S/C18H15N3O3/c22-16-10-12(11-17(23)21-16)18(24)20-15-8-6-14(7-9-15)19-13-4-2-1-3-5-13/h1-11,19H,(H,20,24)(H2,21,22,23). The van der Waals surface area contributed by atoms with Crippen molar-refractivity contribution in [1.29, 1.82) is 0 Å². The van der Waals surface area contributed by atoms with Crippen molar-refractivity contribution in [2.45, 2.75) is 0 Å². The van der Waals surface area contributed by atoms with Crippen LogP contribution in [0.5, 0.6) is 5.88 Å². The topological polar surface area (TPSA) is 94.2 Å². The number of hydrogen-bond acceptors (Lipinski definition) is 4. The van der Waals surface area contributed by atoms with E-state index in [0.717, 1.165) is 17.4 Å². The fourth-order valence-electron chi connectivity index (χ4n) is 2.19. The van der Waals surface area contributed by atoms with Gasteiger partial charge in [0, 0.05) is 29.2 Å². The van der Waals surface area contributed by atoms with Crippen LogP contribution in [0.2, 0.25) is 0 Å². The molecule has 2 aromatic carbocycles. The summed E-state index contributed by atoms with van der Waals surface area (Å²) in [6.07, 6.45) is 0. The van der Waals surface area contributed by atoms with E-state index in [9.17, 15) is 14.7 Å². The monoisotopic (exact) mass is 321 g/mol. The molecule has 3 aromatic rings. The quantitative estimate of drug-likeness (QED) is 0.594. The number of amides is 1. The molecular weight excluding hydrogens is 306 g/mol. The van der Waals surface area contributed by atoms with Gasteiger partial charge >= 0.3 is 0 Å². The van der Waals surface area contributed by atoms with Crippen molar-refractivity contribution in [3.8, 4) is 5.88 Å². The Morgan fingerprint density at radius 1 is 0.875 bits per heavy atom. The molecule has 0 aliphatic rings. The molecule has 3 rings (SSSR count). The Balaban J connectivity index is 1.69. The highest BCUT2D eigenvalue weighted by Crippen LogP contribution is 2.19. The first-order valence-corrected chi connectivity index (χ1v) is 7.27. The van der Waals surface area contributed by atoms with Crippen LogP contribution >= 0.6 is 0 Å². The summed E-state index contributed by atoms with van der Waals surface area (Å²) in [6, 6.07) is 19.2. The summed E-state index contributed by atoms with van der Waals surface area (Å²) in [5.74, 6) is -0.824. The average molecular weight is 321 g/mol. The Kier molecular flexibility index (Phi) is 4.29. The van der Waals surface area contributed by atoms with E-state index in [2.05, 4.69) is 15.6 Å². The van der Waals surface area contributed by atoms with Gasteiger partial charge in [0.15, 0.2) is 5.88 Å². The predicted molar refractivity (Wildman–Crippen MR) is 92.8 cm³/mol. The number of anilines is 3. The highest BCUT2D eigenvalue weighted by Gasteiger charge is 2.08. The molecule has 6 nitrogen and oxygen atoms in total. The van der Waals surface area contributed by atoms with Gasteiger partial charge in [0.25, 0.3) is 11.5 Å². The highest BCUT2D eigenvalue weighted by molar-refractivity contribution is 6.04. The van der Waals surface area contributed by atoms with E-state index in [0.29, 0.717) is 5.69 Å². The number of para-hydroxylation sites is 1. The van der Waals surface area contributed by atoms with Crippen LogP contribution in [0.4, 0.5) is 17.1 Å². The largest absolute Gasteiger partial charge is 0.494 e. The summed E-state index contributed by atoms with van der Waals surface area (Å²) < 4.78 is 0. The zero-order valence-electron chi connectivity index (χ0n) is 12.6. The van der Waals surface area contributed by atoms with Gasteiger partial charge in [0.2, 0.25) is 0 Å². The van der Waals surface area contributed by atoms with Crippen LogP contribution in [-0.4, -0.2) is 16.0 Å². The lowest BCUT2D eigenvalue weighted by atomic mass is 10.2. The third-order valence-electron chi connectivity index (χ3n) is 3.30.